The highest BCUT2D eigenvalue weighted by Crippen LogP contribution is 2.37. The second kappa shape index (κ2) is 31.8. The zero-order valence-electron chi connectivity index (χ0n) is 41.1. The third-order valence-corrected chi connectivity index (χ3v) is 16.4. The average molecular weight is 996 g/mol. The minimum Gasteiger partial charge on any atom is -0.405 e. The van der Waals surface area contributed by atoms with E-state index in [1.807, 2.05) is 12.1 Å². The van der Waals surface area contributed by atoms with Gasteiger partial charge in [0, 0.05) is 18.7 Å². The standard InChI is InChI=1S/C51H73N3O15Si/c1-51(2,3)70(41-11-6-4-7-12-41,42-13-8-5-9-14-42)69-40-39-68-38-37-67-36-35-66-34-33-65-32-31-64-30-29-63-28-27-62-26-25-61-24-23-60-22-21-59-20-19-52-44-16-10-15-43-47(44)50(58)54(49(43)57)45-17-18-46(55)53-48(45)56/h4-16,45,52H,17-40H2,1-3H3,(H,53,55,56). The maximum atomic E-state index is 13.2. The summed E-state index contributed by atoms with van der Waals surface area (Å²) >= 11 is 0. The first-order valence-electron chi connectivity index (χ1n) is 24.3. The smallest absolute Gasteiger partial charge is 0.264 e. The van der Waals surface area contributed by atoms with Crippen LogP contribution in [0.3, 0.4) is 0 Å². The van der Waals surface area contributed by atoms with Crippen molar-refractivity contribution in [3.63, 3.8) is 0 Å². The average Bonchev–Trinajstić information content (AvgIpc) is 3.61. The first-order chi connectivity index (χ1) is 34.1. The van der Waals surface area contributed by atoms with Crippen molar-refractivity contribution in [3.8, 4) is 0 Å². The minimum atomic E-state index is -2.56. The van der Waals surface area contributed by atoms with E-state index in [0.29, 0.717) is 151 Å². The van der Waals surface area contributed by atoms with Crippen LogP contribution in [0.5, 0.6) is 0 Å². The number of benzene rings is 3. The maximum absolute atomic E-state index is 13.2. The van der Waals surface area contributed by atoms with Gasteiger partial charge in [0.2, 0.25) is 11.8 Å². The van der Waals surface area contributed by atoms with E-state index in [1.165, 1.54) is 10.4 Å². The fraction of sp³-hybridized carbons (Fsp3) is 0.569. The van der Waals surface area contributed by atoms with Crippen LogP contribution >= 0.6 is 0 Å². The van der Waals surface area contributed by atoms with Crippen LogP contribution in [0.15, 0.2) is 78.9 Å². The molecule has 0 aromatic heterocycles. The molecule has 70 heavy (non-hydrogen) atoms. The lowest BCUT2D eigenvalue weighted by molar-refractivity contribution is -0.136. The molecule has 2 N–H and O–H groups in total. The summed E-state index contributed by atoms with van der Waals surface area (Å²) in [7, 11) is -2.56. The Balaban J connectivity index is 0.725. The van der Waals surface area contributed by atoms with Gasteiger partial charge in [-0.1, -0.05) is 87.5 Å². The number of imide groups is 2. The molecule has 19 heteroatoms. The van der Waals surface area contributed by atoms with Crippen LogP contribution in [0, 0.1) is 0 Å². The molecule has 0 spiro atoms. The van der Waals surface area contributed by atoms with Crippen LogP contribution in [-0.4, -0.2) is 188 Å². The number of anilines is 1. The van der Waals surface area contributed by atoms with Gasteiger partial charge in [-0.05, 0) is 34.0 Å². The van der Waals surface area contributed by atoms with Crippen LogP contribution in [-0.2, 0) is 61.4 Å². The topological polar surface area (TPSA) is 197 Å². The number of hydrogen-bond acceptors (Lipinski definition) is 16. The number of nitrogens with zero attached hydrogens (tertiary/aromatic N) is 1. The molecule has 5 rings (SSSR count). The summed E-state index contributed by atoms with van der Waals surface area (Å²) in [6.07, 6.45) is 0.164. The number of carbonyl (C=O) groups excluding carboxylic acids is 4. The van der Waals surface area contributed by atoms with E-state index in [4.69, 9.17) is 51.8 Å². The molecule has 0 aliphatic carbocycles. The van der Waals surface area contributed by atoms with E-state index in [9.17, 15) is 19.2 Å². The normalized spacial score (nSPS) is 15.2. The third kappa shape index (κ3) is 18.0. The van der Waals surface area contributed by atoms with Crippen molar-refractivity contribution in [3.05, 3.63) is 90.0 Å². The van der Waals surface area contributed by atoms with E-state index < -0.39 is 38.0 Å². The van der Waals surface area contributed by atoms with Crippen LogP contribution < -0.4 is 21.0 Å². The molecular formula is C51H73N3O15Si. The second-order valence-corrected chi connectivity index (χ2v) is 21.5. The highest BCUT2D eigenvalue weighted by molar-refractivity contribution is 6.99. The van der Waals surface area contributed by atoms with E-state index >= 15 is 0 Å². The first-order valence-corrected chi connectivity index (χ1v) is 26.2. The Morgan fingerprint density at radius 1 is 0.514 bits per heavy atom. The summed E-state index contributed by atoms with van der Waals surface area (Å²) < 4.78 is 62.8. The van der Waals surface area contributed by atoms with E-state index in [-0.39, 0.29) is 29.0 Å². The van der Waals surface area contributed by atoms with Gasteiger partial charge in [-0.3, -0.25) is 29.4 Å². The summed E-state index contributed by atoms with van der Waals surface area (Å²) in [5.41, 5.74) is 0.903. The van der Waals surface area contributed by atoms with Gasteiger partial charge in [0.1, 0.15) is 6.04 Å². The van der Waals surface area contributed by atoms with E-state index in [2.05, 4.69) is 79.9 Å². The van der Waals surface area contributed by atoms with Gasteiger partial charge in [0.15, 0.2) is 0 Å². The Morgan fingerprint density at radius 2 is 0.914 bits per heavy atom. The number of ether oxygens (including phenoxy) is 10. The summed E-state index contributed by atoms with van der Waals surface area (Å²) in [6, 6.07) is 25.1. The quantitative estimate of drug-likeness (QED) is 0.0482. The molecule has 0 saturated carbocycles. The molecule has 3 aromatic carbocycles. The van der Waals surface area contributed by atoms with Gasteiger partial charge in [-0.2, -0.15) is 0 Å². The highest BCUT2D eigenvalue weighted by atomic mass is 28.4. The maximum Gasteiger partial charge on any atom is 0.264 e. The zero-order valence-corrected chi connectivity index (χ0v) is 42.1. The number of nitrogens with one attached hydrogen (secondary N) is 2. The SMILES string of the molecule is CC(C)(C)[Si](OCCOCCOCCOCCOCCOCCOCCOCCOCCOCCOCCNc1cccc2c1C(=O)N(C1CCC(=O)NC1=O)C2=O)(c1ccccc1)c1ccccc1. The molecule has 386 valence electrons. The molecule has 1 unspecified atom stereocenters. The highest BCUT2D eigenvalue weighted by Gasteiger charge is 2.50. The summed E-state index contributed by atoms with van der Waals surface area (Å²) in [4.78, 5) is 51.0. The Kier molecular flexibility index (Phi) is 25.6. The van der Waals surface area contributed by atoms with Gasteiger partial charge in [-0.15, -0.1) is 0 Å². The molecule has 0 radical (unpaired) electrons. The summed E-state index contributed by atoms with van der Waals surface area (Å²) in [5, 5.41) is 7.78. The van der Waals surface area contributed by atoms with Crippen LogP contribution in [0.25, 0.3) is 0 Å². The predicted octanol–water partition coefficient (Wildman–Crippen LogP) is 3.24. The van der Waals surface area contributed by atoms with Crippen LogP contribution in [0.1, 0.15) is 54.3 Å². The van der Waals surface area contributed by atoms with Gasteiger partial charge in [0.25, 0.3) is 20.1 Å². The second-order valence-electron chi connectivity index (χ2n) is 17.2. The number of rotatable bonds is 38. The minimum absolute atomic E-state index is 0.0632. The van der Waals surface area contributed by atoms with Crippen molar-refractivity contribution in [2.75, 3.05) is 151 Å². The van der Waals surface area contributed by atoms with Crippen LogP contribution in [0.4, 0.5) is 5.69 Å². The van der Waals surface area contributed by atoms with Crippen molar-refractivity contribution in [1.82, 2.24) is 10.2 Å². The van der Waals surface area contributed by atoms with E-state index in [1.54, 1.807) is 18.2 Å². The lowest BCUT2D eigenvalue weighted by Crippen LogP contribution is -2.66. The molecule has 2 aliphatic rings. The first kappa shape index (κ1) is 56.4. The molecule has 4 amide bonds. The number of amides is 4. The molecule has 0 bridgehead atoms. The van der Waals surface area contributed by atoms with Crippen molar-refractivity contribution < 1.29 is 71.0 Å². The zero-order chi connectivity index (χ0) is 49.7. The van der Waals surface area contributed by atoms with Crippen molar-refractivity contribution in [2.24, 2.45) is 0 Å². The molecule has 3 aromatic rings. The van der Waals surface area contributed by atoms with Gasteiger partial charge in [0.05, 0.1) is 150 Å². The fourth-order valence-corrected chi connectivity index (χ4v) is 12.6. The Hall–Kier alpha value is -4.48. The largest absolute Gasteiger partial charge is 0.405 e. The van der Waals surface area contributed by atoms with Gasteiger partial charge < -0.3 is 57.1 Å². The molecule has 2 heterocycles. The third-order valence-electron chi connectivity index (χ3n) is 11.3. The molecule has 1 fully saturated rings. The molecule has 18 nitrogen and oxygen atoms in total. The van der Waals surface area contributed by atoms with E-state index in [0.717, 1.165) is 4.90 Å². The molecule has 2 aliphatic heterocycles. The van der Waals surface area contributed by atoms with Crippen molar-refractivity contribution in [2.45, 2.75) is 44.7 Å². The van der Waals surface area contributed by atoms with Crippen molar-refractivity contribution in [1.29, 1.82) is 0 Å². The molecular weight excluding hydrogens is 923 g/mol. The number of piperidine rings is 1. The summed E-state index contributed by atoms with van der Waals surface area (Å²) in [6.45, 7) is 16.7. The Bertz CT molecular complexity index is 1950. The Morgan fingerprint density at radius 3 is 1.31 bits per heavy atom. The van der Waals surface area contributed by atoms with Gasteiger partial charge in [-0.25, -0.2) is 0 Å². The number of fused-ring (bicyclic) bond motifs is 1. The lowest BCUT2D eigenvalue weighted by Gasteiger charge is -2.43. The monoisotopic (exact) mass is 995 g/mol. The summed E-state index contributed by atoms with van der Waals surface area (Å²) in [5.74, 6) is -2.17. The van der Waals surface area contributed by atoms with Crippen molar-refractivity contribution >= 4 is 48.0 Å². The Labute approximate surface area is 413 Å². The number of hydrogen-bond donors (Lipinski definition) is 2. The molecule has 1 atom stereocenters. The number of carbonyl (C=O) groups is 4. The predicted molar refractivity (Wildman–Crippen MR) is 263 cm³/mol. The molecule has 1 saturated heterocycles. The fourth-order valence-electron chi connectivity index (χ4n) is 8.02. The lowest BCUT2D eigenvalue weighted by atomic mass is 10.0. The van der Waals surface area contributed by atoms with Gasteiger partial charge >= 0.3 is 0 Å². The van der Waals surface area contributed by atoms with Crippen LogP contribution in [0.2, 0.25) is 5.04 Å².